The monoisotopic (exact) mass is 278 g/mol. The van der Waals surface area contributed by atoms with E-state index in [-0.39, 0.29) is 5.56 Å². The number of aryl methyl sites for hydroxylation is 1. The van der Waals surface area contributed by atoms with Gasteiger partial charge in [-0.05, 0) is 28.5 Å². The van der Waals surface area contributed by atoms with Crippen molar-refractivity contribution in [2.24, 2.45) is 7.05 Å². The number of hydrogen-bond donors (Lipinski definition) is 0. The van der Waals surface area contributed by atoms with E-state index in [1.165, 1.54) is 5.56 Å². The number of benzene rings is 1. The van der Waals surface area contributed by atoms with Crippen LogP contribution in [-0.4, -0.2) is 9.55 Å². The second-order valence-corrected chi connectivity index (χ2v) is 5.66. The number of fused-ring (bicyclic) bond motifs is 1. The van der Waals surface area contributed by atoms with Gasteiger partial charge in [0.1, 0.15) is 0 Å². The average molecular weight is 278 g/mol. The second kappa shape index (κ2) is 5.17. The van der Waals surface area contributed by atoms with Crippen LogP contribution in [0.15, 0.2) is 53.7 Å². The summed E-state index contributed by atoms with van der Waals surface area (Å²) in [6.45, 7) is 4.37. The van der Waals surface area contributed by atoms with Crippen LogP contribution in [0.1, 0.15) is 25.3 Å². The van der Waals surface area contributed by atoms with Gasteiger partial charge in [-0.1, -0.05) is 38.1 Å². The van der Waals surface area contributed by atoms with Crippen LogP contribution in [0.25, 0.3) is 21.9 Å². The summed E-state index contributed by atoms with van der Waals surface area (Å²) in [5.41, 5.74) is 3.48. The Morgan fingerprint density at radius 3 is 2.43 bits per heavy atom. The van der Waals surface area contributed by atoms with Crippen molar-refractivity contribution in [3.05, 3.63) is 64.8 Å². The van der Waals surface area contributed by atoms with Gasteiger partial charge >= 0.3 is 0 Å². The molecule has 0 saturated carbocycles. The van der Waals surface area contributed by atoms with Gasteiger partial charge in [0, 0.05) is 31.2 Å². The molecule has 3 rings (SSSR count). The Morgan fingerprint density at radius 1 is 1.05 bits per heavy atom. The fourth-order valence-electron chi connectivity index (χ4n) is 2.59. The molecule has 2 heterocycles. The second-order valence-electron chi connectivity index (χ2n) is 5.66. The molecule has 106 valence electrons. The standard InChI is InChI=1S/C18H18N2O/c1-12(2)13-4-6-14(7-5-13)17-11-20(3)18(21)16-10-19-9-8-15(16)17/h4-12H,1-3H3. The van der Waals surface area contributed by atoms with Crippen LogP contribution in [0.3, 0.4) is 0 Å². The fourth-order valence-corrected chi connectivity index (χ4v) is 2.59. The van der Waals surface area contributed by atoms with Crippen LogP contribution in [0.2, 0.25) is 0 Å². The maximum Gasteiger partial charge on any atom is 0.259 e. The average Bonchev–Trinajstić information content (AvgIpc) is 2.51. The molecule has 0 N–H and O–H groups in total. The summed E-state index contributed by atoms with van der Waals surface area (Å²) in [6, 6.07) is 10.4. The van der Waals surface area contributed by atoms with Crippen molar-refractivity contribution in [2.45, 2.75) is 19.8 Å². The third-order valence-corrected chi connectivity index (χ3v) is 3.87. The van der Waals surface area contributed by atoms with Gasteiger partial charge < -0.3 is 4.57 Å². The molecule has 3 nitrogen and oxygen atoms in total. The largest absolute Gasteiger partial charge is 0.317 e. The number of hydrogen-bond acceptors (Lipinski definition) is 2. The molecule has 0 aliphatic carbocycles. The molecular weight excluding hydrogens is 260 g/mol. The van der Waals surface area contributed by atoms with Crippen molar-refractivity contribution in [1.82, 2.24) is 9.55 Å². The Labute approximate surface area is 123 Å². The van der Waals surface area contributed by atoms with E-state index in [9.17, 15) is 4.79 Å². The Hall–Kier alpha value is -2.42. The van der Waals surface area contributed by atoms with Crippen LogP contribution >= 0.6 is 0 Å². The molecule has 0 amide bonds. The van der Waals surface area contributed by atoms with Gasteiger partial charge in [0.2, 0.25) is 0 Å². The molecule has 0 spiro atoms. The van der Waals surface area contributed by atoms with E-state index in [1.54, 1.807) is 24.0 Å². The summed E-state index contributed by atoms with van der Waals surface area (Å²) >= 11 is 0. The first-order valence-electron chi connectivity index (χ1n) is 7.11. The summed E-state index contributed by atoms with van der Waals surface area (Å²) in [6.07, 6.45) is 5.27. The first-order valence-corrected chi connectivity index (χ1v) is 7.11. The first kappa shape index (κ1) is 13.6. The molecule has 2 aromatic heterocycles. The SMILES string of the molecule is CC(C)c1ccc(-c2cn(C)c(=O)c3cnccc23)cc1. The lowest BCUT2D eigenvalue weighted by molar-refractivity contribution is 0.866. The van der Waals surface area contributed by atoms with E-state index in [2.05, 4.69) is 43.1 Å². The fraction of sp³-hybridized carbons (Fsp3) is 0.222. The summed E-state index contributed by atoms with van der Waals surface area (Å²) < 4.78 is 1.62. The number of pyridine rings is 2. The highest BCUT2D eigenvalue weighted by Crippen LogP contribution is 2.27. The van der Waals surface area contributed by atoms with Gasteiger partial charge in [0.15, 0.2) is 0 Å². The Kier molecular flexibility index (Phi) is 3.34. The molecule has 0 aliphatic rings. The quantitative estimate of drug-likeness (QED) is 0.716. The first-order chi connectivity index (χ1) is 10.1. The predicted molar refractivity (Wildman–Crippen MR) is 86.5 cm³/mol. The van der Waals surface area contributed by atoms with Crippen LogP contribution < -0.4 is 5.56 Å². The van der Waals surface area contributed by atoms with Gasteiger partial charge in [0.25, 0.3) is 5.56 Å². The topological polar surface area (TPSA) is 34.9 Å². The van der Waals surface area contributed by atoms with Gasteiger partial charge in [-0.2, -0.15) is 0 Å². The molecule has 0 fully saturated rings. The molecule has 3 heteroatoms. The lowest BCUT2D eigenvalue weighted by Gasteiger charge is -2.11. The highest BCUT2D eigenvalue weighted by atomic mass is 16.1. The summed E-state index contributed by atoms with van der Waals surface area (Å²) in [5, 5.41) is 1.61. The maximum absolute atomic E-state index is 12.2. The van der Waals surface area contributed by atoms with Gasteiger partial charge in [-0.15, -0.1) is 0 Å². The van der Waals surface area contributed by atoms with Crippen molar-refractivity contribution >= 4 is 10.8 Å². The van der Waals surface area contributed by atoms with E-state index < -0.39 is 0 Å². The summed E-state index contributed by atoms with van der Waals surface area (Å²) in [7, 11) is 1.78. The molecule has 0 atom stereocenters. The zero-order valence-electron chi connectivity index (χ0n) is 12.5. The molecule has 21 heavy (non-hydrogen) atoms. The normalized spacial score (nSPS) is 11.2. The van der Waals surface area contributed by atoms with Gasteiger partial charge in [0.05, 0.1) is 5.39 Å². The summed E-state index contributed by atoms with van der Waals surface area (Å²) in [4.78, 5) is 16.3. The lowest BCUT2D eigenvalue weighted by Crippen LogP contribution is -2.16. The van der Waals surface area contributed by atoms with Crippen LogP contribution in [0, 0.1) is 0 Å². The minimum absolute atomic E-state index is 0.0133. The Bertz CT molecular complexity index is 845. The lowest BCUT2D eigenvalue weighted by atomic mass is 9.97. The van der Waals surface area contributed by atoms with Crippen molar-refractivity contribution in [2.75, 3.05) is 0 Å². The number of aromatic nitrogens is 2. The van der Waals surface area contributed by atoms with E-state index in [0.29, 0.717) is 11.3 Å². The third-order valence-electron chi connectivity index (χ3n) is 3.87. The number of rotatable bonds is 2. The van der Waals surface area contributed by atoms with Gasteiger partial charge in [-0.3, -0.25) is 9.78 Å². The minimum Gasteiger partial charge on any atom is -0.317 e. The van der Waals surface area contributed by atoms with E-state index in [4.69, 9.17) is 0 Å². The zero-order chi connectivity index (χ0) is 15.0. The third kappa shape index (κ3) is 2.35. The van der Waals surface area contributed by atoms with Crippen molar-refractivity contribution in [1.29, 1.82) is 0 Å². The van der Waals surface area contributed by atoms with Crippen LogP contribution in [0.5, 0.6) is 0 Å². The van der Waals surface area contributed by atoms with Crippen molar-refractivity contribution in [3.8, 4) is 11.1 Å². The molecule has 0 unspecified atom stereocenters. The van der Waals surface area contributed by atoms with Crippen LogP contribution in [-0.2, 0) is 7.05 Å². The van der Waals surface area contributed by atoms with Gasteiger partial charge in [-0.25, -0.2) is 0 Å². The van der Waals surface area contributed by atoms with E-state index >= 15 is 0 Å². The Morgan fingerprint density at radius 2 is 1.76 bits per heavy atom. The van der Waals surface area contributed by atoms with E-state index in [0.717, 1.165) is 16.5 Å². The minimum atomic E-state index is -0.0133. The maximum atomic E-state index is 12.2. The summed E-state index contributed by atoms with van der Waals surface area (Å²) in [5.74, 6) is 0.514. The molecule has 0 saturated heterocycles. The zero-order valence-corrected chi connectivity index (χ0v) is 12.5. The highest BCUT2D eigenvalue weighted by Gasteiger charge is 2.09. The smallest absolute Gasteiger partial charge is 0.259 e. The Balaban J connectivity index is 2.25. The van der Waals surface area contributed by atoms with Crippen molar-refractivity contribution in [3.63, 3.8) is 0 Å². The highest BCUT2D eigenvalue weighted by molar-refractivity contribution is 5.95. The van der Waals surface area contributed by atoms with Crippen molar-refractivity contribution < 1.29 is 0 Å². The molecule has 0 radical (unpaired) electrons. The molecular formula is C18H18N2O. The molecule has 0 aliphatic heterocycles. The number of nitrogens with zero attached hydrogens (tertiary/aromatic N) is 2. The molecule has 0 bridgehead atoms. The predicted octanol–water partition coefficient (Wildman–Crippen LogP) is 3.72. The van der Waals surface area contributed by atoms with E-state index in [1.807, 2.05) is 12.3 Å². The van der Waals surface area contributed by atoms with Crippen LogP contribution in [0.4, 0.5) is 0 Å². The molecule has 3 aromatic rings. The molecule has 1 aromatic carbocycles.